The zero-order chi connectivity index (χ0) is 26.5. The number of hydrogen-bond donors (Lipinski definition) is 3. The zero-order valence-electron chi connectivity index (χ0n) is 20.5. The number of esters is 1. The fraction of sp³-hybridized carbons (Fsp3) is 0.545. The predicted molar refractivity (Wildman–Crippen MR) is 135 cm³/mol. The molecule has 1 aromatic heterocycles. The molecule has 3 rings (SSSR count). The van der Waals surface area contributed by atoms with E-state index in [1.165, 1.54) is 22.7 Å². The van der Waals surface area contributed by atoms with Crippen molar-refractivity contribution in [2.45, 2.75) is 63.0 Å². The van der Waals surface area contributed by atoms with Crippen molar-refractivity contribution in [3.63, 3.8) is 0 Å². The number of nitrogen functional groups attached to an aromatic ring is 1. The highest BCUT2D eigenvalue weighted by Gasteiger charge is 2.40. The fourth-order valence-corrected chi connectivity index (χ4v) is 6.63. The summed E-state index contributed by atoms with van der Waals surface area (Å²) in [5.74, 6) is -0.740. The molecule has 5 atom stereocenters. The monoisotopic (exact) mass is 541 g/mol. The highest BCUT2D eigenvalue weighted by Crippen LogP contribution is 2.48. The Morgan fingerprint density at radius 3 is 2.61 bits per heavy atom. The Balaban J connectivity index is 1.77. The maximum atomic E-state index is 13.9. The van der Waals surface area contributed by atoms with Crippen LogP contribution in [0.5, 0.6) is 5.75 Å². The Labute approximate surface area is 213 Å². The molecule has 0 spiro atoms. The molecular weight excluding hydrogens is 509 g/mol. The molecule has 2 unspecified atom stereocenters. The molecule has 2 aromatic rings. The molecule has 198 valence electrons. The quantitative estimate of drug-likeness (QED) is 0.281. The van der Waals surface area contributed by atoms with Crippen molar-refractivity contribution in [3.8, 4) is 5.75 Å². The van der Waals surface area contributed by atoms with Gasteiger partial charge in [0.2, 0.25) is 5.95 Å². The molecule has 2 heterocycles. The Morgan fingerprint density at radius 2 is 2.00 bits per heavy atom. The van der Waals surface area contributed by atoms with Gasteiger partial charge in [0.05, 0.1) is 29.4 Å². The number of rotatable bonds is 11. The van der Waals surface area contributed by atoms with Crippen molar-refractivity contribution in [1.82, 2.24) is 19.6 Å². The lowest BCUT2D eigenvalue weighted by Crippen LogP contribution is -2.42. The van der Waals surface area contributed by atoms with Gasteiger partial charge in [-0.15, -0.1) is 11.8 Å². The Kier molecular flexibility index (Phi) is 9.53. The van der Waals surface area contributed by atoms with Crippen LogP contribution in [0.1, 0.15) is 39.5 Å². The van der Waals surface area contributed by atoms with E-state index >= 15 is 0 Å². The van der Waals surface area contributed by atoms with Gasteiger partial charge in [-0.25, -0.2) is 14.3 Å². The van der Waals surface area contributed by atoms with Crippen LogP contribution >= 0.6 is 19.5 Å². The molecule has 1 aliphatic heterocycles. The first kappa shape index (κ1) is 28.1. The van der Waals surface area contributed by atoms with Gasteiger partial charge in [-0.1, -0.05) is 32.0 Å². The number of nitrogens with zero attached hydrogens (tertiary/aromatic N) is 3. The number of thioether (sulfide) groups is 1. The second-order valence-electron chi connectivity index (χ2n) is 8.87. The molecule has 0 aliphatic carbocycles. The normalized spacial score (nSPS) is 22.4. The number of aliphatic hydroxyl groups excluding tert-OH is 1. The van der Waals surface area contributed by atoms with E-state index in [2.05, 4.69) is 15.1 Å². The Hall–Kier alpha value is -2.44. The molecular formula is C22H32N5O7PS. The molecule has 1 aliphatic rings. The fourth-order valence-electron chi connectivity index (χ4n) is 3.42. The number of aromatic nitrogens is 3. The average molecular weight is 542 g/mol. The van der Waals surface area contributed by atoms with Gasteiger partial charge in [0.1, 0.15) is 18.1 Å². The number of para-hydroxylation sites is 1. The van der Waals surface area contributed by atoms with Crippen molar-refractivity contribution >= 4 is 31.4 Å². The maximum absolute atomic E-state index is 13.9. The third kappa shape index (κ3) is 7.53. The van der Waals surface area contributed by atoms with Gasteiger partial charge in [-0.05, 0) is 31.9 Å². The third-order valence-corrected chi connectivity index (χ3v) is 8.28. The van der Waals surface area contributed by atoms with Gasteiger partial charge in [0.15, 0.2) is 0 Å². The molecule has 0 amide bonds. The maximum Gasteiger partial charge on any atom is 0.459 e. The first-order valence-corrected chi connectivity index (χ1v) is 14.0. The second-order valence-corrected chi connectivity index (χ2v) is 12.0. The standard InChI is InChI=1S/C22H32N5O7PS/c1-13(2)19(20(29)33-14(3)4)26-35(31,34-15-8-6-5-7-9-15)32-11-17-16(28)10-18(36-17)27-12-24-21(23)25-22(27)30/h5-9,12-14,16-19,28H,10-11H2,1-4H3,(H,26,31)(H2,23,25,30)/t16?,17-,18-,19+,35?/m1/s1. The van der Waals surface area contributed by atoms with Gasteiger partial charge < -0.3 is 20.1 Å². The second kappa shape index (κ2) is 12.2. The van der Waals surface area contributed by atoms with Crippen molar-refractivity contribution in [3.05, 3.63) is 47.1 Å². The van der Waals surface area contributed by atoms with E-state index in [1.807, 2.05) is 0 Å². The molecule has 1 fully saturated rings. The summed E-state index contributed by atoms with van der Waals surface area (Å²) in [6.45, 7) is 6.81. The van der Waals surface area contributed by atoms with Gasteiger partial charge in [0, 0.05) is 6.42 Å². The van der Waals surface area contributed by atoms with Crippen LogP contribution in [0.3, 0.4) is 0 Å². The molecule has 1 aromatic carbocycles. The van der Waals surface area contributed by atoms with Crippen LogP contribution in [0, 0.1) is 5.92 Å². The highest BCUT2D eigenvalue weighted by atomic mass is 32.2. The van der Waals surface area contributed by atoms with Crippen LogP contribution in [-0.4, -0.2) is 55.7 Å². The molecule has 36 heavy (non-hydrogen) atoms. The summed E-state index contributed by atoms with van der Waals surface area (Å²) >= 11 is 1.25. The van der Waals surface area contributed by atoms with Crippen LogP contribution in [0.2, 0.25) is 0 Å². The number of hydrogen-bond acceptors (Lipinski definition) is 11. The van der Waals surface area contributed by atoms with Crippen molar-refractivity contribution in [2.75, 3.05) is 12.3 Å². The van der Waals surface area contributed by atoms with Gasteiger partial charge in [-0.3, -0.25) is 13.9 Å². The van der Waals surface area contributed by atoms with Crippen LogP contribution < -0.4 is 21.0 Å². The lowest BCUT2D eigenvalue weighted by molar-refractivity contribution is -0.150. The number of benzene rings is 1. The summed E-state index contributed by atoms with van der Waals surface area (Å²) in [5.41, 5.74) is 4.87. The minimum Gasteiger partial charge on any atom is -0.462 e. The number of carbonyl (C=O) groups excluding carboxylic acids is 1. The average Bonchev–Trinajstić information content (AvgIpc) is 3.16. The van der Waals surface area contributed by atoms with E-state index < -0.39 is 42.2 Å². The minimum absolute atomic E-state index is 0.138. The molecule has 14 heteroatoms. The molecule has 0 bridgehead atoms. The molecule has 0 saturated carbocycles. The molecule has 4 N–H and O–H groups in total. The van der Waals surface area contributed by atoms with Crippen LogP contribution in [0.4, 0.5) is 5.95 Å². The van der Waals surface area contributed by atoms with E-state index in [-0.39, 0.29) is 36.7 Å². The smallest absolute Gasteiger partial charge is 0.459 e. The summed E-state index contributed by atoms with van der Waals surface area (Å²) in [6, 6.07) is 7.44. The lowest BCUT2D eigenvalue weighted by Gasteiger charge is -2.28. The first-order chi connectivity index (χ1) is 17.0. The van der Waals surface area contributed by atoms with Gasteiger partial charge in [-0.2, -0.15) is 10.1 Å². The SMILES string of the molecule is CC(C)OC(=O)[C@@H](NP(=O)(OC[C@H]1S[C@@H](n2cnc(N)nc2=O)CC1O)Oc1ccccc1)C(C)C. The number of nitrogens with two attached hydrogens (primary N) is 1. The molecule has 0 radical (unpaired) electrons. The van der Waals surface area contributed by atoms with E-state index in [0.29, 0.717) is 0 Å². The van der Waals surface area contributed by atoms with E-state index in [0.717, 1.165) is 0 Å². The Morgan fingerprint density at radius 1 is 1.31 bits per heavy atom. The number of carbonyl (C=O) groups is 1. The van der Waals surface area contributed by atoms with Gasteiger partial charge in [0.25, 0.3) is 0 Å². The van der Waals surface area contributed by atoms with Gasteiger partial charge >= 0.3 is 19.4 Å². The summed E-state index contributed by atoms with van der Waals surface area (Å²) in [4.78, 5) is 32.3. The zero-order valence-corrected chi connectivity index (χ0v) is 22.2. The number of anilines is 1. The summed E-state index contributed by atoms with van der Waals surface area (Å²) in [5, 5.41) is 12.3. The lowest BCUT2D eigenvalue weighted by atomic mass is 10.1. The summed E-state index contributed by atoms with van der Waals surface area (Å²) in [6.07, 6.45) is 0.259. The molecule has 12 nitrogen and oxygen atoms in total. The molecule has 1 saturated heterocycles. The van der Waals surface area contributed by atoms with E-state index in [4.69, 9.17) is 19.5 Å². The largest absolute Gasteiger partial charge is 0.462 e. The van der Waals surface area contributed by atoms with E-state index in [1.54, 1.807) is 58.0 Å². The predicted octanol–water partition coefficient (Wildman–Crippen LogP) is 2.35. The van der Waals surface area contributed by atoms with Crippen molar-refractivity contribution < 1.29 is 28.3 Å². The number of aliphatic hydroxyl groups is 1. The summed E-state index contributed by atoms with van der Waals surface area (Å²) < 4.78 is 31.9. The minimum atomic E-state index is -4.12. The first-order valence-electron chi connectivity index (χ1n) is 11.5. The van der Waals surface area contributed by atoms with Crippen LogP contribution in [0.25, 0.3) is 0 Å². The Bertz CT molecular complexity index is 1130. The van der Waals surface area contributed by atoms with Crippen molar-refractivity contribution in [1.29, 1.82) is 0 Å². The van der Waals surface area contributed by atoms with Crippen LogP contribution in [-0.2, 0) is 18.6 Å². The van der Waals surface area contributed by atoms with Crippen molar-refractivity contribution in [2.24, 2.45) is 5.92 Å². The highest BCUT2D eigenvalue weighted by molar-refractivity contribution is 8.00. The van der Waals surface area contributed by atoms with Crippen LogP contribution in [0.15, 0.2) is 41.5 Å². The topological polar surface area (TPSA) is 168 Å². The summed E-state index contributed by atoms with van der Waals surface area (Å²) in [7, 11) is -4.12. The van der Waals surface area contributed by atoms with E-state index in [9.17, 15) is 19.3 Å². The number of ether oxygens (including phenoxy) is 1. The third-order valence-electron chi connectivity index (χ3n) is 5.21. The number of nitrogens with one attached hydrogen (secondary N) is 1.